The molecule has 29 heavy (non-hydrogen) atoms. The Hall–Kier alpha value is -2.87. The zero-order valence-electron chi connectivity index (χ0n) is 16.3. The maximum atomic E-state index is 13.7. The molecule has 2 amide bonds. The van der Waals surface area contributed by atoms with Gasteiger partial charge >= 0.3 is 0 Å². The summed E-state index contributed by atoms with van der Waals surface area (Å²) < 4.78 is 19.6. The first-order chi connectivity index (χ1) is 14.0. The molecule has 4 rings (SSSR count). The molecular formula is C21H23FN4O3. The quantitative estimate of drug-likeness (QED) is 0.793. The smallest absolute Gasteiger partial charge is 0.257 e. The maximum absolute atomic E-state index is 13.7. The van der Waals surface area contributed by atoms with Gasteiger partial charge in [-0.05, 0) is 31.0 Å². The zero-order chi connectivity index (χ0) is 20.4. The predicted octanol–water partition coefficient (Wildman–Crippen LogP) is 2.22. The van der Waals surface area contributed by atoms with Crippen molar-refractivity contribution in [3.8, 4) is 0 Å². The second kappa shape index (κ2) is 7.87. The molecule has 2 saturated heterocycles. The summed E-state index contributed by atoms with van der Waals surface area (Å²) in [7, 11) is 0. The molecule has 1 unspecified atom stereocenters. The van der Waals surface area contributed by atoms with Crippen LogP contribution in [0.25, 0.3) is 0 Å². The van der Waals surface area contributed by atoms with Gasteiger partial charge in [-0.25, -0.2) is 14.4 Å². The van der Waals surface area contributed by atoms with Crippen molar-refractivity contribution in [2.24, 2.45) is 0 Å². The first kappa shape index (κ1) is 19.4. The summed E-state index contributed by atoms with van der Waals surface area (Å²) in [4.78, 5) is 37.1. The Kier molecular flexibility index (Phi) is 5.27. The zero-order valence-corrected chi connectivity index (χ0v) is 16.3. The Morgan fingerprint density at radius 3 is 2.79 bits per heavy atom. The van der Waals surface area contributed by atoms with Crippen molar-refractivity contribution in [3.63, 3.8) is 0 Å². The lowest BCUT2D eigenvalue weighted by Gasteiger charge is -2.47. The lowest BCUT2D eigenvalue weighted by molar-refractivity contribution is -0.144. The summed E-state index contributed by atoms with van der Waals surface area (Å²) >= 11 is 0. The summed E-state index contributed by atoms with van der Waals surface area (Å²) in [6.45, 7) is 3.11. The fourth-order valence-corrected chi connectivity index (χ4v) is 3.94. The van der Waals surface area contributed by atoms with Crippen LogP contribution < -0.4 is 4.90 Å². The molecule has 7 nitrogen and oxygen atoms in total. The fraction of sp³-hybridized carbons (Fsp3) is 0.429. The molecule has 3 heterocycles. The number of hydrogen-bond donors (Lipinski definition) is 0. The highest BCUT2D eigenvalue weighted by molar-refractivity contribution is 5.95. The van der Waals surface area contributed by atoms with Gasteiger partial charge in [-0.3, -0.25) is 9.59 Å². The summed E-state index contributed by atoms with van der Waals surface area (Å²) in [5.74, 6) is -0.0684. The molecule has 2 fully saturated rings. The van der Waals surface area contributed by atoms with E-state index >= 15 is 0 Å². The lowest BCUT2D eigenvalue weighted by Crippen LogP contribution is -2.62. The molecule has 8 heteroatoms. The van der Waals surface area contributed by atoms with Gasteiger partial charge in [-0.15, -0.1) is 0 Å². The van der Waals surface area contributed by atoms with Crippen LogP contribution >= 0.6 is 0 Å². The third kappa shape index (κ3) is 3.98. The van der Waals surface area contributed by atoms with Gasteiger partial charge < -0.3 is 14.5 Å². The van der Waals surface area contributed by atoms with Gasteiger partial charge in [0.15, 0.2) is 0 Å². The number of rotatable bonds is 3. The predicted molar refractivity (Wildman–Crippen MR) is 104 cm³/mol. The van der Waals surface area contributed by atoms with Crippen LogP contribution in [0.4, 0.5) is 10.1 Å². The van der Waals surface area contributed by atoms with Gasteiger partial charge in [0.05, 0.1) is 18.7 Å². The van der Waals surface area contributed by atoms with Gasteiger partial charge in [0.25, 0.3) is 11.8 Å². The molecule has 0 aliphatic carbocycles. The Morgan fingerprint density at radius 2 is 2.07 bits per heavy atom. The van der Waals surface area contributed by atoms with Crippen LogP contribution in [0.5, 0.6) is 0 Å². The highest BCUT2D eigenvalue weighted by atomic mass is 19.1. The van der Waals surface area contributed by atoms with Crippen molar-refractivity contribution in [2.75, 3.05) is 31.1 Å². The number of hydrogen-bond acceptors (Lipinski definition) is 5. The van der Waals surface area contributed by atoms with Crippen LogP contribution in [0.1, 0.15) is 35.9 Å². The van der Waals surface area contributed by atoms with E-state index in [9.17, 15) is 14.0 Å². The number of likely N-dealkylation sites (tertiary alicyclic amines) is 1. The maximum Gasteiger partial charge on any atom is 0.257 e. The van der Waals surface area contributed by atoms with Gasteiger partial charge in [0.2, 0.25) is 0 Å². The van der Waals surface area contributed by atoms with Crippen LogP contribution in [0.3, 0.4) is 0 Å². The molecule has 0 radical (unpaired) electrons. The normalized spacial score (nSPS) is 22.2. The van der Waals surface area contributed by atoms with Crippen molar-refractivity contribution in [2.45, 2.75) is 31.8 Å². The second-order valence-corrected chi connectivity index (χ2v) is 7.50. The Balaban J connectivity index is 1.53. The number of benzene rings is 1. The van der Waals surface area contributed by atoms with E-state index in [0.717, 1.165) is 12.8 Å². The van der Waals surface area contributed by atoms with Gasteiger partial charge in [0, 0.05) is 31.0 Å². The molecule has 1 aromatic heterocycles. The van der Waals surface area contributed by atoms with E-state index in [1.807, 2.05) is 6.92 Å². The van der Waals surface area contributed by atoms with E-state index in [1.54, 1.807) is 34.3 Å². The lowest BCUT2D eigenvalue weighted by atomic mass is 9.90. The van der Waals surface area contributed by atoms with Crippen LogP contribution in [-0.4, -0.2) is 58.5 Å². The number of nitrogens with zero attached hydrogens (tertiary/aromatic N) is 4. The van der Waals surface area contributed by atoms with Crippen LogP contribution in [-0.2, 0) is 16.0 Å². The average Bonchev–Trinajstić information content (AvgIpc) is 2.75. The number of carbonyl (C=O) groups is 2. The summed E-state index contributed by atoms with van der Waals surface area (Å²) in [5.41, 5.74) is 0.274. The molecule has 0 N–H and O–H groups in total. The first-order valence-electron chi connectivity index (χ1n) is 9.80. The van der Waals surface area contributed by atoms with E-state index in [4.69, 9.17) is 4.74 Å². The number of amides is 2. The number of morpholine rings is 1. The van der Waals surface area contributed by atoms with Gasteiger partial charge in [-0.2, -0.15) is 0 Å². The summed E-state index contributed by atoms with van der Waals surface area (Å²) in [6.07, 6.45) is 5.30. The standard InChI is InChI=1S/C21H23FN4O3/c1-2-18-23-10-15(11-24-18)20(28)25-8-4-7-21(13-25)14-26(19(27)12-29-21)17-6-3-5-16(22)9-17/h3,5-6,9-11H,2,4,7-8,12-14H2,1H3. The first-order valence-corrected chi connectivity index (χ1v) is 9.80. The average molecular weight is 398 g/mol. The molecule has 1 spiro atoms. The molecule has 1 atom stereocenters. The molecule has 152 valence electrons. The number of anilines is 1. The SMILES string of the molecule is CCc1ncc(C(=O)N2CCCC3(C2)CN(c2cccc(F)c2)C(=O)CO3)cn1. The third-order valence-corrected chi connectivity index (χ3v) is 5.46. The molecule has 2 aliphatic rings. The number of aryl methyl sites for hydroxylation is 1. The topological polar surface area (TPSA) is 75.6 Å². The van der Waals surface area contributed by atoms with Crippen molar-refractivity contribution in [3.05, 3.63) is 53.9 Å². The van der Waals surface area contributed by atoms with Crippen molar-refractivity contribution < 1.29 is 18.7 Å². The van der Waals surface area contributed by atoms with Gasteiger partial charge in [-0.1, -0.05) is 13.0 Å². The minimum Gasteiger partial charge on any atom is -0.361 e. The summed E-state index contributed by atoms with van der Waals surface area (Å²) in [6, 6.07) is 5.97. The highest BCUT2D eigenvalue weighted by Crippen LogP contribution is 2.32. The van der Waals surface area contributed by atoms with E-state index in [0.29, 0.717) is 36.6 Å². The monoisotopic (exact) mass is 398 g/mol. The number of piperidine rings is 1. The van der Waals surface area contributed by atoms with Crippen LogP contribution in [0, 0.1) is 5.82 Å². The van der Waals surface area contributed by atoms with E-state index < -0.39 is 11.4 Å². The third-order valence-electron chi connectivity index (χ3n) is 5.46. The largest absolute Gasteiger partial charge is 0.361 e. The highest BCUT2D eigenvalue weighted by Gasteiger charge is 2.44. The molecular weight excluding hydrogens is 375 g/mol. The minimum atomic E-state index is -0.668. The second-order valence-electron chi connectivity index (χ2n) is 7.50. The molecule has 0 saturated carbocycles. The van der Waals surface area contributed by atoms with Crippen LogP contribution in [0.2, 0.25) is 0 Å². The number of ether oxygens (including phenoxy) is 1. The Labute approximate surface area is 168 Å². The summed E-state index contributed by atoms with van der Waals surface area (Å²) in [5, 5.41) is 0. The number of aromatic nitrogens is 2. The van der Waals surface area contributed by atoms with E-state index in [2.05, 4.69) is 9.97 Å². The Bertz CT molecular complexity index is 920. The van der Waals surface area contributed by atoms with Crippen molar-refractivity contribution in [1.82, 2.24) is 14.9 Å². The minimum absolute atomic E-state index is 0.0904. The van der Waals surface area contributed by atoms with Crippen molar-refractivity contribution >= 4 is 17.5 Å². The number of halogens is 1. The molecule has 0 bridgehead atoms. The molecule has 1 aromatic carbocycles. The Morgan fingerprint density at radius 1 is 1.28 bits per heavy atom. The molecule has 2 aliphatic heterocycles. The fourth-order valence-electron chi connectivity index (χ4n) is 3.94. The molecule has 2 aromatic rings. The van der Waals surface area contributed by atoms with Crippen molar-refractivity contribution in [1.29, 1.82) is 0 Å². The van der Waals surface area contributed by atoms with Crippen LogP contribution in [0.15, 0.2) is 36.7 Å². The van der Waals surface area contributed by atoms with E-state index in [1.165, 1.54) is 12.1 Å². The van der Waals surface area contributed by atoms with Gasteiger partial charge in [0.1, 0.15) is 23.8 Å². The number of carbonyl (C=O) groups excluding carboxylic acids is 2. The van der Waals surface area contributed by atoms with E-state index in [-0.39, 0.29) is 25.0 Å².